The van der Waals surface area contributed by atoms with Gasteiger partial charge in [-0.25, -0.2) is 19.7 Å². The molecule has 1 aliphatic heterocycles. The Hall–Kier alpha value is -3.63. The fourth-order valence-corrected chi connectivity index (χ4v) is 4.17. The van der Waals surface area contributed by atoms with Crippen LogP contribution >= 0.6 is 11.8 Å². The number of ether oxygens (including phenoxy) is 2. The molecule has 1 fully saturated rings. The summed E-state index contributed by atoms with van der Waals surface area (Å²) in [7, 11) is 0. The molecule has 4 rings (SSSR count). The maximum Gasteiger partial charge on any atom is 0.411 e. The van der Waals surface area contributed by atoms with Crippen LogP contribution in [0.1, 0.15) is 11.3 Å². The number of rotatable bonds is 10. The predicted octanol–water partition coefficient (Wildman–Crippen LogP) is 4.35. The molecule has 2 aromatic heterocycles. The molecule has 182 valence electrons. The molecule has 0 bridgehead atoms. The zero-order valence-corrected chi connectivity index (χ0v) is 20.2. The van der Waals surface area contributed by atoms with Crippen LogP contribution in [0.5, 0.6) is 0 Å². The van der Waals surface area contributed by atoms with Crippen LogP contribution in [-0.2, 0) is 21.8 Å². The number of amides is 1. The molecular formula is C25H28N6O3S. The van der Waals surface area contributed by atoms with Gasteiger partial charge in [0.1, 0.15) is 12.4 Å². The number of benzene rings is 1. The van der Waals surface area contributed by atoms with Crippen molar-refractivity contribution in [2.24, 2.45) is 0 Å². The number of nitrogens with one attached hydrogen (secondary N) is 2. The van der Waals surface area contributed by atoms with E-state index in [-0.39, 0.29) is 6.61 Å². The van der Waals surface area contributed by atoms with E-state index in [2.05, 4.69) is 44.2 Å². The molecule has 0 saturated carbocycles. The van der Waals surface area contributed by atoms with Gasteiger partial charge in [-0.15, -0.1) is 0 Å². The van der Waals surface area contributed by atoms with E-state index in [9.17, 15) is 4.79 Å². The van der Waals surface area contributed by atoms with Crippen molar-refractivity contribution in [3.05, 3.63) is 78.8 Å². The molecule has 3 aromatic rings. The summed E-state index contributed by atoms with van der Waals surface area (Å²) in [6, 6.07) is 13.6. The molecule has 1 aromatic carbocycles. The van der Waals surface area contributed by atoms with Gasteiger partial charge in [-0.2, -0.15) is 0 Å². The van der Waals surface area contributed by atoms with Gasteiger partial charge in [-0.1, -0.05) is 36.5 Å². The van der Waals surface area contributed by atoms with E-state index in [0.717, 1.165) is 41.0 Å². The molecule has 35 heavy (non-hydrogen) atoms. The number of thioether (sulfide) groups is 1. The number of morpholine rings is 1. The Bertz CT molecular complexity index is 1130. The summed E-state index contributed by atoms with van der Waals surface area (Å²) in [6.07, 6.45) is 4.49. The normalized spacial score (nSPS) is 13.2. The number of aromatic nitrogens is 3. The lowest BCUT2D eigenvalue weighted by molar-refractivity contribution is 0.122. The molecule has 10 heteroatoms. The van der Waals surface area contributed by atoms with Gasteiger partial charge in [0.2, 0.25) is 0 Å². The van der Waals surface area contributed by atoms with Gasteiger partial charge in [0.25, 0.3) is 0 Å². The largest absolute Gasteiger partial charge is 0.445 e. The van der Waals surface area contributed by atoms with Crippen LogP contribution in [0.4, 0.5) is 22.0 Å². The average Bonchev–Trinajstić information content (AvgIpc) is 2.91. The van der Waals surface area contributed by atoms with E-state index in [4.69, 9.17) is 14.5 Å². The molecular weight excluding hydrogens is 464 g/mol. The number of carbonyl (C=O) groups excluding carboxylic acids is 1. The third-order valence-corrected chi connectivity index (χ3v) is 6.02. The van der Waals surface area contributed by atoms with E-state index in [1.165, 1.54) is 6.08 Å². The van der Waals surface area contributed by atoms with Gasteiger partial charge in [0, 0.05) is 55.2 Å². The summed E-state index contributed by atoms with van der Waals surface area (Å²) in [5.74, 6) is 1.44. The van der Waals surface area contributed by atoms with Crippen LogP contribution in [0, 0.1) is 0 Å². The fourth-order valence-electron chi connectivity index (χ4n) is 3.48. The van der Waals surface area contributed by atoms with Gasteiger partial charge in [-0.3, -0.25) is 5.32 Å². The summed E-state index contributed by atoms with van der Waals surface area (Å²) >= 11 is 1.55. The van der Waals surface area contributed by atoms with E-state index < -0.39 is 6.09 Å². The first-order chi connectivity index (χ1) is 17.2. The molecule has 3 heterocycles. The highest BCUT2D eigenvalue weighted by atomic mass is 32.2. The smallest absolute Gasteiger partial charge is 0.411 e. The maximum absolute atomic E-state index is 11.8. The molecule has 9 nitrogen and oxygen atoms in total. The Morgan fingerprint density at radius 1 is 1.17 bits per heavy atom. The van der Waals surface area contributed by atoms with Crippen molar-refractivity contribution >= 4 is 35.0 Å². The molecule has 0 aliphatic carbocycles. The lowest BCUT2D eigenvalue weighted by atomic mass is 10.2. The minimum absolute atomic E-state index is 0.162. The molecule has 0 spiro atoms. The summed E-state index contributed by atoms with van der Waals surface area (Å²) < 4.78 is 10.5. The maximum atomic E-state index is 11.8. The highest BCUT2D eigenvalue weighted by molar-refractivity contribution is 7.98. The first-order valence-corrected chi connectivity index (χ1v) is 12.3. The van der Waals surface area contributed by atoms with Gasteiger partial charge in [-0.05, 0) is 29.8 Å². The minimum atomic E-state index is -0.514. The third-order valence-electron chi connectivity index (χ3n) is 5.11. The van der Waals surface area contributed by atoms with Crippen molar-refractivity contribution in [1.82, 2.24) is 15.0 Å². The number of nitrogens with zero attached hydrogens (tertiary/aromatic N) is 4. The third kappa shape index (κ3) is 7.69. The highest BCUT2D eigenvalue weighted by Gasteiger charge is 2.14. The Morgan fingerprint density at radius 3 is 2.80 bits per heavy atom. The SMILES string of the molecule is C=CCOC(=O)Nc1cccc(CNc2cc(N3CCOCC3)cc(CSc3ncccn3)n2)c1. The predicted molar refractivity (Wildman–Crippen MR) is 138 cm³/mol. The van der Waals surface area contributed by atoms with Crippen molar-refractivity contribution in [2.45, 2.75) is 17.5 Å². The number of hydrogen-bond donors (Lipinski definition) is 2. The summed E-state index contributed by atoms with van der Waals surface area (Å²) in [5, 5.41) is 6.87. The monoisotopic (exact) mass is 492 g/mol. The molecule has 0 unspecified atom stereocenters. The average molecular weight is 493 g/mol. The topological polar surface area (TPSA) is 102 Å². The first kappa shape index (κ1) is 24.5. The molecule has 2 N–H and O–H groups in total. The number of anilines is 3. The fraction of sp³-hybridized carbons (Fsp3) is 0.280. The Morgan fingerprint density at radius 2 is 2.00 bits per heavy atom. The second kappa shape index (κ2) is 12.7. The van der Waals surface area contributed by atoms with Crippen molar-refractivity contribution in [3.63, 3.8) is 0 Å². The first-order valence-electron chi connectivity index (χ1n) is 11.3. The van der Waals surface area contributed by atoms with Crippen LogP contribution in [0.3, 0.4) is 0 Å². The van der Waals surface area contributed by atoms with E-state index >= 15 is 0 Å². The Labute approximate surface area is 209 Å². The van der Waals surface area contributed by atoms with E-state index in [1.807, 2.05) is 24.3 Å². The lowest BCUT2D eigenvalue weighted by Gasteiger charge is -2.29. The quantitative estimate of drug-likeness (QED) is 0.243. The van der Waals surface area contributed by atoms with Crippen molar-refractivity contribution in [1.29, 1.82) is 0 Å². The van der Waals surface area contributed by atoms with E-state index in [0.29, 0.717) is 31.2 Å². The van der Waals surface area contributed by atoms with Crippen LogP contribution < -0.4 is 15.5 Å². The zero-order chi connectivity index (χ0) is 24.3. The Kier molecular flexibility index (Phi) is 8.91. The molecule has 1 saturated heterocycles. The van der Waals surface area contributed by atoms with Crippen molar-refractivity contribution in [2.75, 3.05) is 48.4 Å². The number of pyridine rings is 1. The van der Waals surface area contributed by atoms with Crippen LogP contribution in [-0.4, -0.2) is 54.0 Å². The van der Waals surface area contributed by atoms with Crippen LogP contribution in [0.25, 0.3) is 0 Å². The molecule has 0 atom stereocenters. The van der Waals surface area contributed by atoms with Crippen LogP contribution in [0.2, 0.25) is 0 Å². The summed E-state index contributed by atoms with van der Waals surface area (Å²) in [4.78, 5) is 27.5. The number of carbonyl (C=O) groups is 1. The highest BCUT2D eigenvalue weighted by Crippen LogP contribution is 2.25. The van der Waals surface area contributed by atoms with Crippen molar-refractivity contribution < 1.29 is 14.3 Å². The summed E-state index contributed by atoms with van der Waals surface area (Å²) in [5.41, 5.74) is 3.71. The summed E-state index contributed by atoms with van der Waals surface area (Å²) in [6.45, 7) is 7.35. The lowest BCUT2D eigenvalue weighted by Crippen LogP contribution is -2.36. The second-order valence-corrected chi connectivity index (χ2v) is 8.63. The zero-order valence-electron chi connectivity index (χ0n) is 19.4. The van der Waals surface area contributed by atoms with Gasteiger partial charge < -0.3 is 19.7 Å². The Balaban J connectivity index is 1.45. The molecule has 0 radical (unpaired) electrons. The van der Waals surface area contributed by atoms with Gasteiger partial charge >= 0.3 is 6.09 Å². The molecule has 1 aliphatic rings. The van der Waals surface area contributed by atoms with Gasteiger partial charge in [0.15, 0.2) is 5.16 Å². The standard InChI is InChI=1S/C25H28N6O3S/c1-2-11-34-25(32)30-20-6-3-5-19(14-20)17-28-23-16-22(31-9-12-33-13-10-31)15-21(29-23)18-35-24-26-7-4-8-27-24/h2-8,14-16H,1,9-13,17-18H2,(H,28,29)(H,30,32). The number of hydrogen-bond acceptors (Lipinski definition) is 9. The van der Waals surface area contributed by atoms with Crippen molar-refractivity contribution in [3.8, 4) is 0 Å². The van der Waals surface area contributed by atoms with E-state index in [1.54, 1.807) is 30.2 Å². The molecule has 1 amide bonds. The van der Waals surface area contributed by atoms with Gasteiger partial charge in [0.05, 0.1) is 18.9 Å². The second-order valence-electron chi connectivity index (χ2n) is 7.69. The minimum Gasteiger partial charge on any atom is -0.445 e. The van der Waals surface area contributed by atoms with Crippen LogP contribution in [0.15, 0.2) is 72.7 Å².